The quantitative estimate of drug-likeness (QED) is 0.366. The predicted molar refractivity (Wildman–Crippen MR) is 41.9 cm³/mol. The Bertz CT molecular complexity index is 172. The summed E-state index contributed by atoms with van der Waals surface area (Å²) in [4.78, 5) is 0. The Balaban J connectivity index is 3.59. The third-order valence-electron chi connectivity index (χ3n) is 0.669. The van der Waals surface area contributed by atoms with E-state index < -0.39 is 0 Å². The summed E-state index contributed by atoms with van der Waals surface area (Å²) in [5.74, 6) is 5.47. The van der Waals surface area contributed by atoms with Crippen LogP contribution in [0.4, 0.5) is 0 Å². The van der Waals surface area contributed by atoms with Crippen molar-refractivity contribution in [2.45, 2.75) is 6.92 Å². The molecule has 0 saturated carbocycles. The van der Waals surface area contributed by atoms with Crippen molar-refractivity contribution >= 4 is 0 Å². The maximum atomic E-state index is 3.45. The van der Waals surface area contributed by atoms with Crippen molar-refractivity contribution in [1.82, 2.24) is 0 Å². The molecule has 0 aliphatic carbocycles. The van der Waals surface area contributed by atoms with E-state index in [-0.39, 0.29) is 0 Å². The molecule has 0 aliphatic rings. The maximum Gasteiger partial charge on any atom is -0.0115 e. The molecule has 0 heteroatoms. The second-order valence-corrected chi connectivity index (χ2v) is 1.38. The summed E-state index contributed by atoms with van der Waals surface area (Å²) >= 11 is 0. The van der Waals surface area contributed by atoms with Gasteiger partial charge in [0.05, 0.1) is 0 Å². The van der Waals surface area contributed by atoms with Crippen molar-refractivity contribution in [3.05, 3.63) is 37.0 Å². The Kier molecular flexibility index (Phi) is 5.86. The van der Waals surface area contributed by atoms with E-state index >= 15 is 0 Å². The molecule has 0 nitrogen and oxygen atoms in total. The first-order valence-corrected chi connectivity index (χ1v) is 2.81. The van der Waals surface area contributed by atoms with Gasteiger partial charge in [-0.3, -0.25) is 0 Å². The molecule has 9 heavy (non-hydrogen) atoms. The van der Waals surface area contributed by atoms with E-state index in [0.29, 0.717) is 0 Å². The summed E-state index contributed by atoms with van der Waals surface area (Å²) in [6, 6.07) is 0. The Hall–Kier alpha value is -1.22. The van der Waals surface area contributed by atoms with Gasteiger partial charge in [-0.1, -0.05) is 36.6 Å². The van der Waals surface area contributed by atoms with E-state index in [1.165, 1.54) is 0 Å². The number of allylic oxidation sites excluding steroid dienone is 5. The van der Waals surface area contributed by atoms with E-state index in [0.717, 1.165) is 0 Å². The lowest BCUT2D eigenvalue weighted by Gasteiger charge is -1.65. The highest BCUT2D eigenvalue weighted by molar-refractivity contribution is 5.24. The van der Waals surface area contributed by atoms with Crippen LogP contribution in [0.25, 0.3) is 0 Å². The summed E-state index contributed by atoms with van der Waals surface area (Å²) in [7, 11) is 0. The van der Waals surface area contributed by atoms with Gasteiger partial charge in [0.25, 0.3) is 0 Å². The molecule has 46 valence electrons. The van der Waals surface area contributed by atoms with E-state index in [1.807, 2.05) is 25.2 Å². The first kappa shape index (κ1) is 7.78. The highest BCUT2D eigenvalue weighted by Crippen LogP contribution is 1.73. The molecular weight excluding hydrogens is 108 g/mol. The SMILES string of the molecule is C=CC#C/C=C/C=C/C. The molecule has 0 aromatic heterocycles. The zero-order valence-electron chi connectivity index (χ0n) is 5.59. The Morgan fingerprint density at radius 1 is 1.22 bits per heavy atom. The van der Waals surface area contributed by atoms with Crippen molar-refractivity contribution in [3.8, 4) is 11.8 Å². The van der Waals surface area contributed by atoms with E-state index in [9.17, 15) is 0 Å². The van der Waals surface area contributed by atoms with E-state index in [1.54, 1.807) is 12.2 Å². The topological polar surface area (TPSA) is 0 Å². The predicted octanol–water partition coefficient (Wildman–Crippen LogP) is 2.31. The lowest BCUT2D eigenvalue weighted by molar-refractivity contribution is 1.74. The molecule has 0 aliphatic heterocycles. The van der Waals surface area contributed by atoms with Crippen molar-refractivity contribution in [3.63, 3.8) is 0 Å². The second kappa shape index (κ2) is 6.78. The molecule has 0 heterocycles. The summed E-state index contributed by atoms with van der Waals surface area (Å²) in [6.07, 6.45) is 9.11. The standard InChI is InChI=1S/C9H10/c1-3-5-7-9-8-6-4-2/h3-4,6,8-9H,1H2,2H3/b6-4+,9-8+. The van der Waals surface area contributed by atoms with Crippen LogP contribution in [0.3, 0.4) is 0 Å². The Labute approximate surface area is 56.6 Å². The van der Waals surface area contributed by atoms with Crippen LogP contribution in [0.5, 0.6) is 0 Å². The van der Waals surface area contributed by atoms with Gasteiger partial charge in [0.15, 0.2) is 0 Å². The Morgan fingerprint density at radius 3 is 2.56 bits per heavy atom. The van der Waals surface area contributed by atoms with Gasteiger partial charge in [-0.05, 0) is 19.1 Å². The van der Waals surface area contributed by atoms with Crippen molar-refractivity contribution < 1.29 is 0 Å². The van der Waals surface area contributed by atoms with Gasteiger partial charge in [-0.25, -0.2) is 0 Å². The zero-order valence-corrected chi connectivity index (χ0v) is 5.59. The van der Waals surface area contributed by atoms with E-state index in [4.69, 9.17) is 0 Å². The van der Waals surface area contributed by atoms with Crippen LogP contribution < -0.4 is 0 Å². The molecule has 0 rings (SSSR count). The first-order valence-electron chi connectivity index (χ1n) is 2.81. The molecule has 0 radical (unpaired) electrons. The fourth-order valence-corrected chi connectivity index (χ4v) is 0.322. The van der Waals surface area contributed by atoms with Crippen LogP contribution in [-0.2, 0) is 0 Å². The summed E-state index contributed by atoms with van der Waals surface area (Å²) in [6.45, 7) is 5.42. The highest BCUT2D eigenvalue weighted by Gasteiger charge is 1.55. The third kappa shape index (κ3) is 6.78. The summed E-state index contributed by atoms with van der Waals surface area (Å²) < 4.78 is 0. The zero-order chi connectivity index (χ0) is 6.95. The largest absolute Gasteiger partial charge is 0.0906 e. The molecule has 0 unspecified atom stereocenters. The van der Waals surface area contributed by atoms with Crippen molar-refractivity contribution in [1.29, 1.82) is 0 Å². The minimum atomic E-state index is 1.57. The van der Waals surface area contributed by atoms with Crippen LogP contribution in [0.1, 0.15) is 6.92 Å². The van der Waals surface area contributed by atoms with Crippen LogP contribution in [0.15, 0.2) is 37.0 Å². The lowest BCUT2D eigenvalue weighted by Crippen LogP contribution is -1.48. The van der Waals surface area contributed by atoms with E-state index in [2.05, 4.69) is 18.4 Å². The van der Waals surface area contributed by atoms with Crippen molar-refractivity contribution in [2.24, 2.45) is 0 Å². The minimum Gasteiger partial charge on any atom is -0.0906 e. The minimum absolute atomic E-state index is 1.57. The van der Waals surface area contributed by atoms with Gasteiger partial charge in [-0.2, -0.15) is 0 Å². The smallest absolute Gasteiger partial charge is 0.0115 e. The fourth-order valence-electron chi connectivity index (χ4n) is 0.322. The molecule has 0 saturated heterocycles. The van der Waals surface area contributed by atoms with Gasteiger partial charge < -0.3 is 0 Å². The van der Waals surface area contributed by atoms with Crippen LogP contribution in [-0.4, -0.2) is 0 Å². The van der Waals surface area contributed by atoms with Gasteiger partial charge >= 0.3 is 0 Å². The first-order chi connectivity index (χ1) is 4.41. The average Bonchev–Trinajstić information content (AvgIpc) is 1.89. The third-order valence-corrected chi connectivity index (χ3v) is 0.669. The fraction of sp³-hybridized carbons (Fsp3) is 0.111. The molecule has 0 amide bonds. The van der Waals surface area contributed by atoms with Crippen LogP contribution >= 0.6 is 0 Å². The van der Waals surface area contributed by atoms with Crippen LogP contribution in [0, 0.1) is 11.8 Å². The molecule has 0 N–H and O–H groups in total. The molecule has 0 bridgehead atoms. The summed E-state index contributed by atoms with van der Waals surface area (Å²) in [5.41, 5.74) is 0. The monoisotopic (exact) mass is 118 g/mol. The number of rotatable bonds is 1. The van der Waals surface area contributed by atoms with Crippen LogP contribution in [0.2, 0.25) is 0 Å². The lowest BCUT2D eigenvalue weighted by atomic mass is 10.4. The Morgan fingerprint density at radius 2 is 2.00 bits per heavy atom. The molecule has 0 fully saturated rings. The number of hydrogen-bond donors (Lipinski definition) is 0. The second-order valence-electron chi connectivity index (χ2n) is 1.38. The number of hydrogen-bond acceptors (Lipinski definition) is 0. The molecule has 0 spiro atoms. The summed E-state index contributed by atoms with van der Waals surface area (Å²) in [5, 5.41) is 0. The maximum absolute atomic E-state index is 3.45. The van der Waals surface area contributed by atoms with Gasteiger partial charge in [0, 0.05) is 0 Å². The molecular formula is C9H10. The van der Waals surface area contributed by atoms with Crippen molar-refractivity contribution in [2.75, 3.05) is 0 Å². The molecule has 0 aromatic rings. The molecule has 0 atom stereocenters. The van der Waals surface area contributed by atoms with Gasteiger partial charge in [-0.15, -0.1) is 0 Å². The van der Waals surface area contributed by atoms with Gasteiger partial charge in [0.1, 0.15) is 0 Å². The highest BCUT2D eigenvalue weighted by atomic mass is 13.6. The average molecular weight is 118 g/mol. The normalized spacial score (nSPS) is 9.44. The van der Waals surface area contributed by atoms with Gasteiger partial charge in [0.2, 0.25) is 0 Å². The molecule has 0 aromatic carbocycles.